The highest BCUT2D eigenvalue weighted by atomic mass is 19.2. The number of hydrogen-bond donors (Lipinski definition) is 0. The number of ether oxygens (including phenoxy) is 1. The van der Waals surface area contributed by atoms with E-state index in [4.69, 9.17) is 4.74 Å². The van der Waals surface area contributed by atoms with E-state index >= 15 is 4.39 Å². The monoisotopic (exact) mass is 414 g/mol. The lowest BCUT2D eigenvalue weighted by Gasteiger charge is -2.23. The van der Waals surface area contributed by atoms with Crippen LogP contribution in [0.2, 0.25) is 0 Å². The SMILES string of the molecule is CCCc1ccc(-c2ccc3c(c2F)Oc2c(cc(CCC)c(F)c2F)C3)cc1F. The van der Waals surface area contributed by atoms with Crippen molar-refractivity contribution in [1.82, 2.24) is 0 Å². The molecule has 4 rings (SSSR count). The van der Waals surface area contributed by atoms with E-state index in [0.29, 0.717) is 47.1 Å². The van der Waals surface area contributed by atoms with Crippen LogP contribution in [-0.2, 0) is 19.3 Å². The Labute approximate surface area is 173 Å². The van der Waals surface area contributed by atoms with E-state index in [9.17, 15) is 13.2 Å². The molecule has 30 heavy (non-hydrogen) atoms. The molecule has 0 fully saturated rings. The summed E-state index contributed by atoms with van der Waals surface area (Å²) in [4.78, 5) is 0. The highest BCUT2D eigenvalue weighted by molar-refractivity contribution is 5.69. The lowest BCUT2D eigenvalue weighted by Crippen LogP contribution is -2.10. The first-order valence-electron chi connectivity index (χ1n) is 10.2. The Morgan fingerprint density at radius 2 is 1.43 bits per heavy atom. The smallest absolute Gasteiger partial charge is 0.201 e. The quantitative estimate of drug-likeness (QED) is 0.307. The Hall–Kier alpha value is -2.82. The maximum absolute atomic E-state index is 15.3. The van der Waals surface area contributed by atoms with Crippen molar-refractivity contribution in [2.45, 2.75) is 46.0 Å². The first-order chi connectivity index (χ1) is 14.4. The average Bonchev–Trinajstić information content (AvgIpc) is 2.73. The Morgan fingerprint density at radius 1 is 0.733 bits per heavy atom. The number of aryl methyl sites for hydroxylation is 2. The van der Waals surface area contributed by atoms with Crippen LogP contribution in [-0.4, -0.2) is 0 Å². The molecule has 0 atom stereocenters. The van der Waals surface area contributed by atoms with E-state index in [1.165, 1.54) is 6.07 Å². The predicted octanol–water partition coefficient (Wildman–Crippen LogP) is 7.51. The number of halogens is 4. The van der Waals surface area contributed by atoms with Gasteiger partial charge in [-0.25, -0.2) is 13.2 Å². The van der Waals surface area contributed by atoms with Gasteiger partial charge in [0.2, 0.25) is 5.82 Å². The van der Waals surface area contributed by atoms with Crippen molar-refractivity contribution in [3.05, 3.63) is 81.9 Å². The molecule has 1 aliphatic rings. The summed E-state index contributed by atoms with van der Waals surface area (Å²) in [5.74, 6) is -3.57. The fourth-order valence-corrected chi connectivity index (χ4v) is 3.98. The van der Waals surface area contributed by atoms with Gasteiger partial charge in [0.1, 0.15) is 5.82 Å². The lowest BCUT2D eigenvalue weighted by atomic mass is 9.93. The summed E-state index contributed by atoms with van der Waals surface area (Å²) in [6.07, 6.45) is 2.73. The summed E-state index contributed by atoms with van der Waals surface area (Å²) >= 11 is 0. The molecule has 1 heterocycles. The third-order valence-electron chi connectivity index (χ3n) is 5.48. The second kappa shape index (κ2) is 8.13. The van der Waals surface area contributed by atoms with Crippen molar-refractivity contribution in [3.63, 3.8) is 0 Å². The molecule has 0 amide bonds. The van der Waals surface area contributed by atoms with Gasteiger partial charge in [0, 0.05) is 23.1 Å². The largest absolute Gasteiger partial charge is 0.450 e. The maximum atomic E-state index is 15.3. The number of benzene rings is 3. The maximum Gasteiger partial charge on any atom is 0.201 e. The first kappa shape index (κ1) is 20.5. The molecule has 0 N–H and O–H groups in total. The van der Waals surface area contributed by atoms with Crippen LogP contribution < -0.4 is 4.74 Å². The molecular formula is C25H22F4O. The summed E-state index contributed by atoms with van der Waals surface area (Å²) in [5.41, 5.74) is 2.42. The zero-order valence-electron chi connectivity index (χ0n) is 16.9. The molecule has 156 valence electrons. The molecule has 3 aromatic carbocycles. The van der Waals surface area contributed by atoms with Gasteiger partial charge in [0.05, 0.1) is 0 Å². The highest BCUT2D eigenvalue weighted by Gasteiger charge is 2.28. The first-order valence-corrected chi connectivity index (χ1v) is 10.2. The van der Waals surface area contributed by atoms with Gasteiger partial charge in [0.25, 0.3) is 0 Å². The Kier molecular flexibility index (Phi) is 5.54. The van der Waals surface area contributed by atoms with Crippen molar-refractivity contribution >= 4 is 0 Å². The van der Waals surface area contributed by atoms with Gasteiger partial charge in [-0.15, -0.1) is 0 Å². The summed E-state index contributed by atoms with van der Waals surface area (Å²) < 4.78 is 64.1. The molecule has 1 aliphatic heterocycles. The van der Waals surface area contributed by atoms with E-state index in [-0.39, 0.29) is 23.5 Å². The van der Waals surface area contributed by atoms with E-state index < -0.39 is 23.3 Å². The zero-order valence-corrected chi connectivity index (χ0v) is 16.9. The summed E-state index contributed by atoms with van der Waals surface area (Å²) in [7, 11) is 0. The van der Waals surface area contributed by atoms with Crippen LogP contribution in [0.15, 0.2) is 36.4 Å². The van der Waals surface area contributed by atoms with Gasteiger partial charge < -0.3 is 4.74 Å². The number of rotatable bonds is 5. The van der Waals surface area contributed by atoms with Gasteiger partial charge in [-0.3, -0.25) is 0 Å². The number of fused-ring (bicyclic) bond motifs is 2. The average molecular weight is 414 g/mol. The van der Waals surface area contributed by atoms with Crippen LogP contribution in [0.1, 0.15) is 48.9 Å². The molecule has 5 heteroatoms. The van der Waals surface area contributed by atoms with Gasteiger partial charge in [0.15, 0.2) is 23.1 Å². The molecule has 0 bridgehead atoms. The van der Waals surface area contributed by atoms with Crippen LogP contribution in [0.5, 0.6) is 11.5 Å². The van der Waals surface area contributed by atoms with Crippen LogP contribution in [0.4, 0.5) is 17.6 Å². The van der Waals surface area contributed by atoms with Gasteiger partial charge in [-0.2, -0.15) is 4.39 Å². The van der Waals surface area contributed by atoms with Gasteiger partial charge >= 0.3 is 0 Å². The summed E-state index contributed by atoms with van der Waals surface area (Å²) in [5, 5.41) is 0. The van der Waals surface area contributed by atoms with E-state index in [2.05, 4.69) is 0 Å². The highest BCUT2D eigenvalue weighted by Crippen LogP contribution is 2.44. The minimum atomic E-state index is -1.10. The summed E-state index contributed by atoms with van der Waals surface area (Å²) in [6.45, 7) is 3.84. The fraction of sp³-hybridized carbons (Fsp3) is 0.280. The van der Waals surface area contributed by atoms with Crippen LogP contribution >= 0.6 is 0 Å². The molecule has 3 aromatic rings. The van der Waals surface area contributed by atoms with Crippen molar-refractivity contribution < 1.29 is 22.3 Å². The Bertz CT molecular complexity index is 1120. The molecule has 0 spiro atoms. The third-order valence-corrected chi connectivity index (χ3v) is 5.48. The summed E-state index contributed by atoms with van der Waals surface area (Å²) in [6, 6.07) is 9.46. The molecule has 0 radical (unpaired) electrons. The minimum absolute atomic E-state index is 0.139. The van der Waals surface area contributed by atoms with Crippen molar-refractivity contribution in [1.29, 1.82) is 0 Å². The van der Waals surface area contributed by atoms with E-state index in [0.717, 1.165) is 6.42 Å². The Morgan fingerprint density at radius 3 is 2.13 bits per heavy atom. The molecule has 0 aliphatic carbocycles. The molecule has 0 saturated heterocycles. The topological polar surface area (TPSA) is 9.23 Å². The second-order valence-corrected chi connectivity index (χ2v) is 7.65. The minimum Gasteiger partial charge on any atom is -0.450 e. The van der Waals surface area contributed by atoms with E-state index in [1.807, 2.05) is 13.8 Å². The van der Waals surface area contributed by atoms with Crippen molar-refractivity contribution in [3.8, 4) is 22.6 Å². The lowest BCUT2D eigenvalue weighted by molar-refractivity contribution is 0.380. The van der Waals surface area contributed by atoms with Gasteiger partial charge in [-0.05, 0) is 41.7 Å². The van der Waals surface area contributed by atoms with Gasteiger partial charge in [-0.1, -0.05) is 51.0 Å². The number of hydrogen-bond acceptors (Lipinski definition) is 1. The molecule has 0 saturated carbocycles. The van der Waals surface area contributed by atoms with Crippen molar-refractivity contribution in [2.24, 2.45) is 0 Å². The molecule has 1 nitrogen and oxygen atoms in total. The second-order valence-electron chi connectivity index (χ2n) is 7.65. The van der Waals surface area contributed by atoms with Crippen molar-refractivity contribution in [2.75, 3.05) is 0 Å². The Balaban J connectivity index is 1.75. The third kappa shape index (κ3) is 3.47. The fourth-order valence-electron chi connectivity index (χ4n) is 3.98. The molecular weight excluding hydrogens is 392 g/mol. The standard InChI is InChI=1S/C25H22F4O/c1-3-5-14-7-8-15(13-20(14)26)19-10-9-17-12-18-11-16(6-4-2)21(27)23(29)25(18)30-24(17)22(19)28/h7-11,13H,3-6,12H2,1-2H3. The predicted molar refractivity (Wildman–Crippen MR) is 109 cm³/mol. The normalized spacial score (nSPS) is 12.3. The molecule has 0 unspecified atom stereocenters. The van der Waals surface area contributed by atoms with E-state index in [1.54, 1.807) is 30.3 Å². The molecule has 0 aromatic heterocycles. The van der Waals surface area contributed by atoms with Crippen LogP contribution in [0, 0.1) is 23.3 Å². The zero-order chi connectivity index (χ0) is 21.4. The van der Waals surface area contributed by atoms with Crippen LogP contribution in [0.3, 0.4) is 0 Å². The van der Waals surface area contributed by atoms with Crippen LogP contribution in [0.25, 0.3) is 11.1 Å².